The molecule has 0 saturated heterocycles. The SMILES string of the molecule is CCCCCOc1ncnc(Cl)c1CC. The van der Waals surface area contributed by atoms with Crippen molar-refractivity contribution >= 4 is 11.6 Å². The van der Waals surface area contributed by atoms with Crippen LogP contribution in [0, 0.1) is 0 Å². The van der Waals surface area contributed by atoms with Gasteiger partial charge in [-0.25, -0.2) is 9.97 Å². The molecule has 0 aliphatic rings. The summed E-state index contributed by atoms with van der Waals surface area (Å²) in [4.78, 5) is 8.02. The fourth-order valence-corrected chi connectivity index (χ4v) is 1.58. The third-order valence-electron chi connectivity index (χ3n) is 2.19. The van der Waals surface area contributed by atoms with Gasteiger partial charge in [0.05, 0.1) is 12.2 Å². The third kappa shape index (κ3) is 3.67. The molecule has 15 heavy (non-hydrogen) atoms. The molecule has 1 aromatic heterocycles. The van der Waals surface area contributed by atoms with Crippen molar-refractivity contribution in [1.82, 2.24) is 9.97 Å². The molecule has 0 aliphatic carbocycles. The molecule has 0 amide bonds. The van der Waals surface area contributed by atoms with Gasteiger partial charge >= 0.3 is 0 Å². The van der Waals surface area contributed by atoms with Crippen molar-refractivity contribution in [2.45, 2.75) is 39.5 Å². The highest BCUT2D eigenvalue weighted by Crippen LogP contribution is 2.22. The summed E-state index contributed by atoms with van der Waals surface area (Å²) in [6, 6.07) is 0. The van der Waals surface area contributed by atoms with Gasteiger partial charge in [0.25, 0.3) is 0 Å². The zero-order chi connectivity index (χ0) is 11.1. The van der Waals surface area contributed by atoms with Crippen LogP contribution in [0.5, 0.6) is 5.88 Å². The Bertz CT molecular complexity index is 305. The first kappa shape index (κ1) is 12.2. The van der Waals surface area contributed by atoms with E-state index >= 15 is 0 Å². The van der Waals surface area contributed by atoms with E-state index in [-0.39, 0.29) is 0 Å². The Morgan fingerprint density at radius 3 is 2.73 bits per heavy atom. The molecule has 1 aromatic rings. The zero-order valence-electron chi connectivity index (χ0n) is 9.29. The Labute approximate surface area is 95.8 Å². The molecule has 0 unspecified atom stereocenters. The van der Waals surface area contributed by atoms with E-state index in [1.54, 1.807) is 0 Å². The van der Waals surface area contributed by atoms with E-state index in [2.05, 4.69) is 16.9 Å². The van der Waals surface area contributed by atoms with Gasteiger partial charge in [-0.2, -0.15) is 0 Å². The Morgan fingerprint density at radius 1 is 1.27 bits per heavy atom. The van der Waals surface area contributed by atoms with Crippen LogP contribution < -0.4 is 4.74 Å². The molecule has 0 bridgehead atoms. The highest BCUT2D eigenvalue weighted by atomic mass is 35.5. The minimum absolute atomic E-state index is 0.498. The Kier molecular flexibility index (Phi) is 5.40. The average molecular weight is 229 g/mol. The van der Waals surface area contributed by atoms with Crippen LogP contribution >= 0.6 is 11.6 Å². The lowest BCUT2D eigenvalue weighted by Crippen LogP contribution is -2.03. The Morgan fingerprint density at radius 2 is 2.07 bits per heavy atom. The van der Waals surface area contributed by atoms with Gasteiger partial charge in [0.15, 0.2) is 0 Å². The summed E-state index contributed by atoms with van der Waals surface area (Å²) in [5, 5.41) is 0.498. The highest BCUT2D eigenvalue weighted by molar-refractivity contribution is 6.30. The van der Waals surface area contributed by atoms with Crippen LogP contribution in [0.15, 0.2) is 6.33 Å². The van der Waals surface area contributed by atoms with E-state index in [0.717, 1.165) is 18.4 Å². The molecule has 1 rings (SSSR count). The molecule has 84 valence electrons. The van der Waals surface area contributed by atoms with Crippen molar-refractivity contribution in [2.24, 2.45) is 0 Å². The molecule has 3 nitrogen and oxygen atoms in total. The van der Waals surface area contributed by atoms with E-state index in [1.165, 1.54) is 19.2 Å². The molecule has 4 heteroatoms. The smallest absolute Gasteiger partial charge is 0.221 e. The molecule has 1 heterocycles. The number of hydrogen-bond donors (Lipinski definition) is 0. The molecule has 0 N–H and O–H groups in total. The summed E-state index contributed by atoms with van der Waals surface area (Å²) in [6.07, 6.45) is 5.66. The molecule has 0 spiro atoms. The second kappa shape index (κ2) is 6.62. The monoisotopic (exact) mass is 228 g/mol. The fraction of sp³-hybridized carbons (Fsp3) is 0.636. The maximum absolute atomic E-state index is 5.94. The van der Waals surface area contributed by atoms with E-state index in [4.69, 9.17) is 16.3 Å². The molecular formula is C11H17ClN2O. The van der Waals surface area contributed by atoms with E-state index < -0.39 is 0 Å². The number of nitrogens with zero attached hydrogens (tertiary/aromatic N) is 2. The van der Waals surface area contributed by atoms with Crippen molar-refractivity contribution in [3.05, 3.63) is 17.0 Å². The van der Waals surface area contributed by atoms with Crippen LogP contribution in [0.25, 0.3) is 0 Å². The first-order valence-corrected chi connectivity index (χ1v) is 5.79. The fourth-order valence-electron chi connectivity index (χ4n) is 1.32. The van der Waals surface area contributed by atoms with Gasteiger partial charge in [0, 0.05) is 0 Å². The maximum Gasteiger partial charge on any atom is 0.221 e. The maximum atomic E-state index is 5.94. The van der Waals surface area contributed by atoms with Crippen molar-refractivity contribution < 1.29 is 4.74 Å². The number of unbranched alkanes of at least 4 members (excludes halogenated alkanes) is 2. The topological polar surface area (TPSA) is 35.0 Å². The first-order valence-electron chi connectivity index (χ1n) is 5.41. The van der Waals surface area contributed by atoms with E-state index in [1.807, 2.05) is 6.92 Å². The molecule has 0 atom stereocenters. The number of rotatable bonds is 6. The molecule has 0 fully saturated rings. The molecule has 0 radical (unpaired) electrons. The Balaban J connectivity index is 2.56. The lowest BCUT2D eigenvalue weighted by Gasteiger charge is -2.09. The van der Waals surface area contributed by atoms with Gasteiger partial charge in [-0.1, -0.05) is 38.3 Å². The summed E-state index contributed by atoms with van der Waals surface area (Å²) >= 11 is 5.94. The molecular weight excluding hydrogens is 212 g/mol. The van der Waals surface area contributed by atoms with Crippen molar-refractivity contribution in [3.8, 4) is 5.88 Å². The summed E-state index contributed by atoms with van der Waals surface area (Å²) in [7, 11) is 0. The Hall–Kier alpha value is -0.830. The normalized spacial score (nSPS) is 10.3. The average Bonchev–Trinajstić information content (AvgIpc) is 2.24. The van der Waals surface area contributed by atoms with Gasteiger partial charge in [-0.05, 0) is 12.8 Å². The van der Waals surface area contributed by atoms with Gasteiger partial charge in [-0.15, -0.1) is 0 Å². The number of ether oxygens (including phenoxy) is 1. The minimum Gasteiger partial charge on any atom is -0.477 e. The van der Waals surface area contributed by atoms with Crippen molar-refractivity contribution in [2.75, 3.05) is 6.61 Å². The first-order chi connectivity index (χ1) is 7.29. The third-order valence-corrected chi connectivity index (χ3v) is 2.52. The zero-order valence-corrected chi connectivity index (χ0v) is 10.0. The van der Waals surface area contributed by atoms with E-state index in [9.17, 15) is 0 Å². The number of hydrogen-bond acceptors (Lipinski definition) is 3. The second-order valence-electron chi connectivity index (χ2n) is 3.36. The van der Waals surface area contributed by atoms with Gasteiger partial charge < -0.3 is 4.74 Å². The van der Waals surface area contributed by atoms with Crippen LogP contribution in [0.2, 0.25) is 5.15 Å². The molecule has 0 aromatic carbocycles. The second-order valence-corrected chi connectivity index (χ2v) is 3.72. The molecule has 0 aliphatic heterocycles. The van der Waals surface area contributed by atoms with E-state index in [0.29, 0.717) is 17.6 Å². The van der Waals surface area contributed by atoms with Gasteiger partial charge in [0.2, 0.25) is 5.88 Å². The summed E-state index contributed by atoms with van der Waals surface area (Å²) in [5.41, 5.74) is 0.899. The van der Waals surface area contributed by atoms with Crippen molar-refractivity contribution in [1.29, 1.82) is 0 Å². The summed E-state index contributed by atoms with van der Waals surface area (Å²) in [5.74, 6) is 0.633. The largest absolute Gasteiger partial charge is 0.477 e. The number of aromatic nitrogens is 2. The standard InChI is InChI=1S/C11H17ClN2O/c1-3-5-6-7-15-11-9(4-2)10(12)13-8-14-11/h8H,3-7H2,1-2H3. The predicted octanol–water partition coefficient (Wildman–Crippen LogP) is 3.26. The summed E-state index contributed by atoms with van der Waals surface area (Å²) in [6.45, 7) is 4.89. The van der Waals surface area contributed by atoms with Crippen LogP contribution in [-0.2, 0) is 6.42 Å². The van der Waals surface area contributed by atoms with Crippen molar-refractivity contribution in [3.63, 3.8) is 0 Å². The highest BCUT2D eigenvalue weighted by Gasteiger charge is 2.08. The van der Waals surface area contributed by atoms with Gasteiger partial charge in [-0.3, -0.25) is 0 Å². The molecule has 0 saturated carbocycles. The van der Waals surface area contributed by atoms with Crippen LogP contribution in [0.4, 0.5) is 0 Å². The quantitative estimate of drug-likeness (QED) is 0.554. The minimum atomic E-state index is 0.498. The lowest BCUT2D eigenvalue weighted by atomic mass is 10.2. The van der Waals surface area contributed by atoms with Crippen LogP contribution in [0.1, 0.15) is 38.7 Å². The predicted molar refractivity (Wildman–Crippen MR) is 61.4 cm³/mol. The van der Waals surface area contributed by atoms with Gasteiger partial charge in [0.1, 0.15) is 11.5 Å². The lowest BCUT2D eigenvalue weighted by molar-refractivity contribution is 0.291. The van der Waals surface area contributed by atoms with Crippen LogP contribution in [-0.4, -0.2) is 16.6 Å². The number of halogens is 1. The van der Waals surface area contributed by atoms with Crippen LogP contribution in [0.3, 0.4) is 0 Å². The summed E-state index contributed by atoms with van der Waals surface area (Å²) < 4.78 is 5.58.